The summed E-state index contributed by atoms with van der Waals surface area (Å²) in [6.45, 7) is 0.176. The lowest BCUT2D eigenvalue weighted by Gasteiger charge is -2.19. The third-order valence-corrected chi connectivity index (χ3v) is 6.07. The minimum atomic E-state index is -1.29. The highest BCUT2D eigenvalue weighted by atomic mass is 32.2. The molecule has 2 heterocycles. The number of thioether (sulfide) groups is 1. The Hall–Kier alpha value is -3.31. The number of carbonyl (C=O) groups is 1. The number of hydrogen-bond donors (Lipinski definition) is 2. The standard InChI is InChI=1S/C22H18FN3O3S/c23-16-4-3-15-9-17(25-19(15)10-16)11-22(21(27)28)13-30-20(26-22)12-29-18-5-1-14(2-6-18)7-8-24/h1-6,9-10,25H,7,11-13H2,(H,27,28). The number of fused-ring (bicyclic) bond motifs is 1. The first kappa shape index (κ1) is 20.0. The van der Waals surface area contributed by atoms with Crippen LogP contribution in [-0.4, -0.2) is 39.0 Å². The van der Waals surface area contributed by atoms with Crippen LogP contribution in [0.1, 0.15) is 11.3 Å². The van der Waals surface area contributed by atoms with Crippen LogP contribution in [0.4, 0.5) is 4.39 Å². The van der Waals surface area contributed by atoms with Gasteiger partial charge >= 0.3 is 5.97 Å². The second-order valence-electron chi connectivity index (χ2n) is 7.10. The van der Waals surface area contributed by atoms with Gasteiger partial charge in [-0.15, -0.1) is 11.8 Å². The number of benzene rings is 2. The third-order valence-electron chi connectivity index (χ3n) is 4.91. The van der Waals surface area contributed by atoms with Gasteiger partial charge in [0.15, 0.2) is 5.54 Å². The summed E-state index contributed by atoms with van der Waals surface area (Å²) in [6, 6.07) is 15.5. The number of aromatic nitrogens is 1. The number of aliphatic imine (C=N–C) groups is 1. The number of carboxylic acids is 1. The minimum Gasteiger partial charge on any atom is -0.487 e. The summed E-state index contributed by atoms with van der Waals surface area (Å²) in [5.41, 5.74) is 0.932. The monoisotopic (exact) mass is 423 g/mol. The third kappa shape index (κ3) is 4.16. The number of ether oxygens (including phenoxy) is 1. The quantitative estimate of drug-likeness (QED) is 0.599. The molecule has 0 fully saturated rings. The van der Waals surface area contributed by atoms with Crippen LogP contribution in [0.5, 0.6) is 5.75 Å². The van der Waals surface area contributed by atoms with E-state index in [1.807, 2.05) is 18.2 Å². The summed E-state index contributed by atoms with van der Waals surface area (Å²) in [7, 11) is 0. The van der Waals surface area contributed by atoms with Gasteiger partial charge in [0.25, 0.3) is 0 Å². The summed E-state index contributed by atoms with van der Waals surface area (Å²) in [5, 5.41) is 20.0. The largest absolute Gasteiger partial charge is 0.487 e. The van der Waals surface area contributed by atoms with E-state index in [1.54, 1.807) is 18.2 Å². The van der Waals surface area contributed by atoms with Crippen molar-refractivity contribution in [3.63, 3.8) is 0 Å². The summed E-state index contributed by atoms with van der Waals surface area (Å²) in [5.74, 6) is -0.425. The lowest BCUT2D eigenvalue weighted by molar-refractivity contribution is -0.142. The number of nitrogens with one attached hydrogen (secondary N) is 1. The van der Waals surface area contributed by atoms with Gasteiger partial charge in [-0.05, 0) is 47.3 Å². The molecule has 3 aromatic rings. The first-order chi connectivity index (χ1) is 14.5. The van der Waals surface area contributed by atoms with E-state index < -0.39 is 11.5 Å². The van der Waals surface area contributed by atoms with Gasteiger partial charge < -0.3 is 14.8 Å². The molecule has 4 rings (SSSR count). The number of aliphatic carboxylic acids is 1. The molecule has 0 bridgehead atoms. The minimum absolute atomic E-state index is 0.176. The van der Waals surface area contributed by atoms with Gasteiger partial charge in [0.2, 0.25) is 0 Å². The molecule has 0 aliphatic carbocycles. The lowest BCUT2D eigenvalue weighted by atomic mass is 9.96. The Morgan fingerprint density at radius 1 is 1.30 bits per heavy atom. The van der Waals surface area contributed by atoms with Gasteiger partial charge in [-0.25, -0.2) is 9.18 Å². The number of carboxylic acid groups (broad SMARTS) is 1. The van der Waals surface area contributed by atoms with Crippen molar-refractivity contribution in [1.82, 2.24) is 4.98 Å². The molecule has 2 N–H and O–H groups in total. The molecule has 30 heavy (non-hydrogen) atoms. The Kier molecular flexibility index (Phi) is 5.46. The fraction of sp³-hybridized carbons (Fsp3) is 0.227. The van der Waals surface area contributed by atoms with E-state index in [-0.39, 0.29) is 18.8 Å². The summed E-state index contributed by atoms with van der Waals surface area (Å²) >= 11 is 1.36. The van der Waals surface area contributed by atoms with Crippen LogP contribution in [0, 0.1) is 17.1 Å². The van der Waals surface area contributed by atoms with Crippen molar-refractivity contribution in [3.8, 4) is 11.8 Å². The molecule has 1 unspecified atom stereocenters. The molecule has 8 heteroatoms. The van der Waals surface area contributed by atoms with E-state index in [0.29, 0.717) is 34.2 Å². The molecule has 0 radical (unpaired) electrons. The normalized spacial score (nSPS) is 18.2. The van der Waals surface area contributed by atoms with E-state index in [9.17, 15) is 14.3 Å². The van der Waals surface area contributed by atoms with Gasteiger partial charge in [-0.1, -0.05) is 12.1 Å². The number of H-pyrrole nitrogens is 1. The number of aromatic amines is 1. The Morgan fingerprint density at radius 2 is 2.10 bits per heavy atom. The van der Waals surface area contributed by atoms with Crippen LogP contribution in [-0.2, 0) is 17.6 Å². The molecule has 2 aromatic carbocycles. The number of nitrogens with zero attached hydrogens (tertiary/aromatic N) is 2. The van der Waals surface area contributed by atoms with Crippen LogP contribution in [0.15, 0.2) is 53.5 Å². The SMILES string of the molecule is N#CCc1ccc(OCC2=NC(Cc3cc4ccc(F)cc4[nH]3)(C(=O)O)CS2)cc1. The van der Waals surface area contributed by atoms with Crippen molar-refractivity contribution in [3.05, 3.63) is 65.6 Å². The number of rotatable bonds is 7. The van der Waals surface area contributed by atoms with Crippen LogP contribution in [0.2, 0.25) is 0 Å². The highest BCUT2D eigenvalue weighted by Crippen LogP contribution is 2.33. The Labute approximate surface area is 176 Å². The molecule has 6 nitrogen and oxygen atoms in total. The molecule has 0 saturated carbocycles. The van der Waals surface area contributed by atoms with Gasteiger partial charge in [-0.3, -0.25) is 4.99 Å². The Balaban J connectivity index is 1.48. The highest BCUT2D eigenvalue weighted by molar-refractivity contribution is 8.14. The first-order valence-electron chi connectivity index (χ1n) is 9.28. The summed E-state index contributed by atoms with van der Waals surface area (Å²) in [6.07, 6.45) is 0.516. The molecule has 152 valence electrons. The topological polar surface area (TPSA) is 98.5 Å². The molecule has 1 aliphatic rings. The van der Waals surface area contributed by atoms with Crippen LogP contribution in [0.3, 0.4) is 0 Å². The van der Waals surface area contributed by atoms with Crippen molar-refractivity contribution in [2.24, 2.45) is 4.99 Å². The van der Waals surface area contributed by atoms with Crippen molar-refractivity contribution >= 4 is 33.7 Å². The highest BCUT2D eigenvalue weighted by Gasteiger charge is 2.43. The van der Waals surface area contributed by atoms with Crippen molar-refractivity contribution < 1.29 is 19.0 Å². The Bertz CT molecular complexity index is 1170. The van der Waals surface area contributed by atoms with Crippen LogP contribution < -0.4 is 4.74 Å². The van der Waals surface area contributed by atoms with E-state index in [1.165, 1.54) is 23.9 Å². The molecule has 0 saturated heterocycles. The van der Waals surface area contributed by atoms with Crippen molar-refractivity contribution in [1.29, 1.82) is 5.26 Å². The second kappa shape index (κ2) is 8.20. The molecule has 0 amide bonds. The fourth-order valence-electron chi connectivity index (χ4n) is 3.37. The molecular formula is C22H18FN3O3S. The zero-order chi connectivity index (χ0) is 21.1. The molecule has 1 atom stereocenters. The van der Waals surface area contributed by atoms with E-state index >= 15 is 0 Å². The second-order valence-corrected chi connectivity index (χ2v) is 8.15. The number of halogens is 1. The molecule has 1 aromatic heterocycles. The van der Waals surface area contributed by atoms with Gasteiger partial charge in [0, 0.05) is 23.4 Å². The summed E-state index contributed by atoms with van der Waals surface area (Å²) in [4.78, 5) is 19.6. The van der Waals surface area contributed by atoms with E-state index in [2.05, 4.69) is 16.0 Å². The predicted molar refractivity (Wildman–Crippen MR) is 113 cm³/mol. The molecular weight excluding hydrogens is 405 g/mol. The average Bonchev–Trinajstić information content (AvgIpc) is 3.32. The van der Waals surface area contributed by atoms with Crippen LogP contribution in [0.25, 0.3) is 10.9 Å². The van der Waals surface area contributed by atoms with Gasteiger partial charge in [-0.2, -0.15) is 5.26 Å². The predicted octanol–water partition coefficient (Wildman–Crippen LogP) is 3.96. The maximum atomic E-state index is 13.4. The first-order valence-corrected chi connectivity index (χ1v) is 10.3. The van der Waals surface area contributed by atoms with Crippen molar-refractivity contribution in [2.75, 3.05) is 12.4 Å². The zero-order valence-corrected chi connectivity index (χ0v) is 16.7. The zero-order valence-electron chi connectivity index (χ0n) is 15.9. The summed E-state index contributed by atoms with van der Waals surface area (Å²) < 4.78 is 19.2. The van der Waals surface area contributed by atoms with Crippen molar-refractivity contribution in [2.45, 2.75) is 18.4 Å². The van der Waals surface area contributed by atoms with Gasteiger partial charge in [0.05, 0.1) is 12.5 Å². The fourth-order valence-corrected chi connectivity index (χ4v) is 4.44. The van der Waals surface area contributed by atoms with E-state index in [0.717, 1.165) is 10.9 Å². The van der Waals surface area contributed by atoms with Gasteiger partial charge in [0.1, 0.15) is 23.2 Å². The maximum Gasteiger partial charge on any atom is 0.332 e. The average molecular weight is 423 g/mol. The Morgan fingerprint density at radius 3 is 2.83 bits per heavy atom. The smallest absolute Gasteiger partial charge is 0.332 e. The molecule has 0 spiro atoms. The maximum absolute atomic E-state index is 13.4. The number of nitriles is 1. The lowest BCUT2D eigenvalue weighted by Crippen LogP contribution is -2.39. The van der Waals surface area contributed by atoms with E-state index in [4.69, 9.17) is 10.00 Å². The number of hydrogen-bond acceptors (Lipinski definition) is 5. The van der Waals surface area contributed by atoms with Crippen LogP contribution >= 0.6 is 11.8 Å². The molecule has 1 aliphatic heterocycles.